The fourth-order valence-corrected chi connectivity index (χ4v) is 3.88. The number of aryl methyl sites for hydroxylation is 3. The summed E-state index contributed by atoms with van der Waals surface area (Å²) in [5.41, 5.74) is 6.69. The summed E-state index contributed by atoms with van der Waals surface area (Å²) in [7, 11) is 0. The van der Waals surface area contributed by atoms with E-state index in [1.165, 1.54) is 16.7 Å². The zero-order valence-electron chi connectivity index (χ0n) is 16.9. The summed E-state index contributed by atoms with van der Waals surface area (Å²) in [6.07, 6.45) is 1.77. The number of anilines is 1. The molecule has 2 aromatic carbocycles. The summed E-state index contributed by atoms with van der Waals surface area (Å²) >= 11 is 0. The number of aromatic nitrogens is 2. The van der Waals surface area contributed by atoms with Crippen LogP contribution in [0.3, 0.4) is 0 Å². The number of benzene rings is 2. The quantitative estimate of drug-likeness (QED) is 0.712. The van der Waals surface area contributed by atoms with Crippen molar-refractivity contribution in [2.45, 2.75) is 40.2 Å². The molecule has 0 bridgehead atoms. The van der Waals surface area contributed by atoms with E-state index >= 15 is 0 Å². The number of likely N-dealkylation sites (tertiary alicyclic amines) is 1. The normalized spacial score (nSPS) is 15.8. The first-order valence-corrected chi connectivity index (χ1v) is 10.0. The number of H-pyrrole nitrogens is 1. The van der Waals surface area contributed by atoms with Crippen molar-refractivity contribution in [3.05, 3.63) is 58.9 Å². The summed E-state index contributed by atoms with van der Waals surface area (Å²) in [5, 5.41) is 3.09. The Hall–Kier alpha value is -2.66. The molecule has 0 saturated carbocycles. The molecule has 1 amide bonds. The van der Waals surface area contributed by atoms with Gasteiger partial charge >= 0.3 is 0 Å². The van der Waals surface area contributed by atoms with Gasteiger partial charge in [0.2, 0.25) is 5.91 Å². The van der Waals surface area contributed by atoms with Crippen molar-refractivity contribution in [2.24, 2.45) is 5.92 Å². The zero-order valence-corrected chi connectivity index (χ0v) is 16.9. The monoisotopic (exact) mass is 376 g/mol. The summed E-state index contributed by atoms with van der Waals surface area (Å²) in [4.78, 5) is 23.1. The van der Waals surface area contributed by atoms with Crippen molar-refractivity contribution < 1.29 is 4.79 Å². The molecule has 1 aromatic heterocycles. The molecule has 1 aliphatic rings. The SMILES string of the molecule is Cc1ccc2nc(CN3CCC(C(=O)Nc4ccc(C)c(C)c4)CC3)[nH]c2c1. The molecule has 3 aromatic rings. The molecular formula is C23H28N4O. The highest BCUT2D eigenvalue weighted by Gasteiger charge is 2.25. The van der Waals surface area contributed by atoms with Crippen LogP contribution in [-0.2, 0) is 11.3 Å². The topological polar surface area (TPSA) is 61.0 Å². The number of hydrogen-bond donors (Lipinski definition) is 2. The Labute approximate surface area is 166 Å². The Morgan fingerprint density at radius 2 is 1.89 bits per heavy atom. The van der Waals surface area contributed by atoms with E-state index in [4.69, 9.17) is 4.98 Å². The van der Waals surface area contributed by atoms with Crippen molar-refractivity contribution in [3.63, 3.8) is 0 Å². The Balaban J connectivity index is 1.32. The lowest BCUT2D eigenvalue weighted by Gasteiger charge is -2.30. The second-order valence-electron chi connectivity index (χ2n) is 8.04. The largest absolute Gasteiger partial charge is 0.341 e. The van der Waals surface area contributed by atoms with Crippen molar-refractivity contribution >= 4 is 22.6 Å². The molecule has 0 unspecified atom stereocenters. The smallest absolute Gasteiger partial charge is 0.227 e. The first-order valence-electron chi connectivity index (χ1n) is 10.0. The van der Waals surface area contributed by atoms with E-state index in [1.54, 1.807) is 0 Å². The number of piperidine rings is 1. The lowest BCUT2D eigenvalue weighted by atomic mass is 9.95. The molecule has 0 spiro atoms. The molecule has 2 N–H and O–H groups in total. The number of rotatable bonds is 4. The van der Waals surface area contributed by atoms with Gasteiger partial charge in [0.15, 0.2) is 0 Å². The van der Waals surface area contributed by atoms with E-state index in [2.05, 4.69) is 60.2 Å². The van der Waals surface area contributed by atoms with Gasteiger partial charge < -0.3 is 10.3 Å². The van der Waals surface area contributed by atoms with E-state index < -0.39 is 0 Å². The van der Waals surface area contributed by atoms with Gasteiger partial charge in [-0.25, -0.2) is 4.98 Å². The molecule has 0 radical (unpaired) electrons. The van der Waals surface area contributed by atoms with Crippen molar-refractivity contribution in [2.75, 3.05) is 18.4 Å². The number of carbonyl (C=O) groups is 1. The second-order valence-corrected chi connectivity index (χ2v) is 8.04. The van der Waals surface area contributed by atoms with Crippen LogP contribution in [0.5, 0.6) is 0 Å². The summed E-state index contributed by atoms with van der Waals surface area (Å²) in [6, 6.07) is 12.4. The second kappa shape index (κ2) is 7.76. The molecule has 5 heteroatoms. The average molecular weight is 377 g/mol. The van der Waals surface area contributed by atoms with Crippen LogP contribution in [0.15, 0.2) is 36.4 Å². The van der Waals surface area contributed by atoms with Crippen LogP contribution in [0.1, 0.15) is 35.4 Å². The van der Waals surface area contributed by atoms with E-state index in [0.29, 0.717) is 0 Å². The minimum atomic E-state index is 0.0798. The molecule has 1 fully saturated rings. The van der Waals surface area contributed by atoms with E-state index in [1.807, 2.05) is 12.1 Å². The first kappa shape index (κ1) is 18.7. The van der Waals surface area contributed by atoms with Crippen molar-refractivity contribution in [1.29, 1.82) is 0 Å². The number of carbonyl (C=O) groups excluding carboxylic acids is 1. The lowest BCUT2D eigenvalue weighted by molar-refractivity contribution is -0.121. The predicted molar refractivity (Wildman–Crippen MR) is 113 cm³/mol. The molecule has 28 heavy (non-hydrogen) atoms. The molecular weight excluding hydrogens is 348 g/mol. The van der Waals surface area contributed by atoms with Gasteiger partial charge in [-0.1, -0.05) is 12.1 Å². The van der Waals surface area contributed by atoms with Gasteiger partial charge in [-0.2, -0.15) is 0 Å². The fraction of sp³-hybridized carbons (Fsp3) is 0.391. The van der Waals surface area contributed by atoms with Gasteiger partial charge in [0.1, 0.15) is 5.82 Å². The van der Waals surface area contributed by atoms with E-state index in [9.17, 15) is 4.79 Å². The predicted octanol–water partition coefficient (Wildman–Crippen LogP) is 4.34. The van der Waals surface area contributed by atoms with Crippen LogP contribution in [0.4, 0.5) is 5.69 Å². The fourth-order valence-electron chi connectivity index (χ4n) is 3.88. The average Bonchev–Trinajstić information content (AvgIpc) is 3.06. The number of amides is 1. The van der Waals surface area contributed by atoms with Crippen LogP contribution < -0.4 is 5.32 Å². The number of imidazole rings is 1. The van der Waals surface area contributed by atoms with Crippen LogP contribution >= 0.6 is 0 Å². The maximum absolute atomic E-state index is 12.6. The molecule has 1 saturated heterocycles. The third-order valence-electron chi connectivity index (χ3n) is 5.79. The number of nitrogens with zero attached hydrogens (tertiary/aromatic N) is 2. The zero-order chi connectivity index (χ0) is 19.7. The van der Waals surface area contributed by atoms with Gasteiger partial charge in [-0.3, -0.25) is 9.69 Å². The number of fused-ring (bicyclic) bond motifs is 1. The van der Waals surface area contributed by atoms with Crippen LogP contribution in [0.25, 0.3) is 11.0 Å². The van der Waals surface area contributed by atoms with Crippen LogP contribution in [0.2, 0.25) is 0 Å². The maximum atomic E-state index is 12.6. The molecule has 0 aliphatic carbocycles. The van der Waals surface area contributed by atoms with E-state index in [0.717, 1.165) is 55.0 Å². The van der Waals surface area contributed by atoms with Gasteiger partial charge in [0, 0.05) is 11.6 Å². The third-order valence-corrected chi connectivity index (χ3v) is 5.79. The Morgan fingerprint density at radius 1 is 1.11 bits per heavy atom. The first-order chi connectivity index (χ1) is 13.5. The molecule has 146 valence electrons. The van der Waals surface area contributed by atoms with Gasteiger partial charge in [-0.15, -0.1) is 0 Å². The maximum Gasteiger partial charge on any atom is 0.227 e. The Bertz CT molecular complexity index is 999. The summed E-state index contributed by atoms with van der Waals surface area (Å²) in [6.45, 7) is 8.89. The minimum absolute atomic E-state index is 0.0798. The van der Waals surface area contributed by atoms with Gasteiger partial charge in [-0.05, 0) is 87.7 Å². The molecule has 1 aliphatic heterocycles. The minimum Gasteiger partial charge on any atom is -0.341 e. The molecule has 0 atom stereocenters. The lowest BCUT2D eigenvalue weighted by Crippen LogP contribution is -2.38. The van der Waals surface area contributed by atoms with Crippen LogP contribution in [0, 0.1) is 26.7 Å². The van der Waals surface area contributed by atoms with Crippen molar-refractivity contribution in [3.8, 4) is 0 Å². The summed E-state index contributed by atoms with van der Waals surface area (Å²) in [5.74, 6) is 1.22. The van der Waals surface area contributed by atoms with Crippen molar-refractivity contribution in [1.82, 2.24) is 14.9 Å². The number of hydrogen-bond acceptors (Lipinski definition) is 3. The number of nitrogens with one attached hydrogen (secondary N) is 2. The highest BCUT2D eigenvalue weighted by atomic mass is 16.1. The molecule has 4 rings (SSSR count). The third kappa shape index (κ3) is 4.09. The van der Waals surface area contributed by atoms with Crippen LogP contribution in [-0.4, -0.2) is 33.9 Å². The molecule has 5 nitrogen and oxygen atoms in total. The van der Waals surface area contributed by atoms with Gasteiger partial charge in [0.25, 0.3) is 0 Å². The summed E-state index contributed by atoms with van der Waals surface area (Å²) < 4.78 is 0. The number of aromatic amines is 1. The highest BCUT2D eigenvalue weighted by Crippen LogP contribution is 2.22. The van der Waals surface area contributed by atoms with E-state index in [-0.39, 0.29) is 11.8 Å². The standard InChI is InChI=1S/C23H28N4O/c1-15-4-7-20-21(12-15)26-22(25-20)14-27-10-8-18(9-11-27)23(28)24-19-6-5-16(2)17(3)13-19/h4-7,12-13,18H,8-11,14H2,1-3H3,(H,24,28)(H,25,26). The Kier molecular flexibility index (Phi) is 5.18. The Morgan fingerprint density at radius 3 is 2.64 bits per heavy atom. The highest BCUT2D eigenvalue weighted by molar-refractivity contribution is 5.92. The molecule has 2 heterocycles. The van der Waals surface area contributed by atoms with Gasteiger partial charge in [0.05, 0.1) is 17.6 Å².